The van der Waals surface area contributed by atoms with Gasteiger partial charge in [-0.15, -0.1) is 11.3 Å². The molecular weight excluding hydrogens is 378 g/mol. The van der Waals surface area contributed by atoms with E-state index in [-0.39, 0.29) is 16.9 Å². The minimum Gasteiger partial charge on any atom is -0.332 e. The fourth-order valence-corrected chi connectivity index (χ4v) is 3.26. The highest BCUT2D eigenvalue weighted by atomic mass is 32.1. The highest BCUT2D eigenvalue weighted by Gasteiger charge is 2.14. The fraction of sp³-hybridized carbons (Fsp3) is 0.0500. The normalized spacial score (nSPS) is 10.1. The van der Waals surface area contributed by atoms with Crippen molar-refractivity contribution in [1.82, 2.24) is 5.32 Å². The third-order valence-electron chi connectivity index (χ3n) is 3.79. The van der Waals surface area contributed by atoms with Crippen LogP contribution in [-0.4, -0.2) is 24.0 Å². The van der Waals surface area contributed by atoms with Crippen molar-refractivity contribution in [2.24, 2.45) is 0 Å². The zero-order chi connectivity index (χ0) is 19.2. The molecule has 3 rings (SSSR count). The van der Waals surface area contributed by atoms with Crippen LogP contribution in [0.4, 0.5) is 11.4 Å². The first-order valence-electron chi connectivity index (χ1n) is 8.13. The molecule has 2 aromatic carbocycles. The summed E-state index contributed by atoms with van der Waals surface area (Å²) in [6, 6.07) is 19.9. The van der Waals surface area contributed by atoms with Gasteiger partial charge >= 0.3 is 0 Å². The molecule has 3 aromatic rings. The number of para-hydroxylation sites is 1. The number of nitrogens with one attached hydrogen (secondary N) is 2. The lowest BCUT2D eigenvalue weighted by atomic mass is 10.1. The number of hydrogen-bond acceptors (Lipinski definition) is 4. The number of carbonyl (C=O) groups is 2. The molecule has 5 nitrogen and oxygen atoms in total. The van der Waals surface area contributed by atoms with E-state index >= 15 is 0 Å². The Bertz CT molecular complexity index is 956. The number of rotatable bonds is 4. The highest BCUT2D eigenvalue weighted by Crippen LogP contribution is 2.17. The number of thiocarbonyl (C=S) groups is 1. The van der Waals surface area contributed by atoms with Gasteiger partial charge in [-0.3, -0.25) is 14.9 Å². The van der Waals surface area contributed by atoms with Gasteiger partial charge in [0.25, 0.3) is 11.8 Å². The molecular formula is C20H17N3O2S2. The molecule has 1 aromatic heterocycles. The Morgan fingerprint density at radius 2 is 1.78 bits per heavy atom. The van der Waals surface area contributed by atoms with Crippen LogP contribution in [0.3, 0.4) is 0 Å². The monoisotopic (exact) mass is 395 g/mol. The predicted molar refractivity (Wildman–Crippen MR) is 114 cm³/mol. The second-order valence-corrected chi connectivity index (χ2v) is 7.02. The molecule has 0 saturated carbocycles. The van der Waals surface area contributed by atoms with Crippen molar-refractivity contribution < 1.29 is 9.59 Å². The van der Waals surface area contributed by atoms with E-state index in [1.807, 2.05) is 35.7 Å². The second kappa shape index (κ2) is 8.57. The molecule has 0 aliphatic rings. The molecule has 0 atom stereocenters. The largest absolute Gasteiger partial charge is 0.332 e. The first-order valence-corrected chi connectivity index (χ1v) is 9.42. The van der Waals surface area contributed by atoms with Crippen LogP contribution in [0.25, 0.3) is 0 Å². The average molecular weight is 396 g/mol. The minimum atomic E-state index is -0.265. The van der Waals surface area contributed by atoms with Crippen molar-refractivity contribution >= 4 is 51.9 Å². The Kier molecular flexibility index (Phi) is 5.95. The number of carbonyl (C=O) groups excluding carboxylic acids is 2. The summed E-state index contributed by atoms with van der Waals surface area (Å²) in [4.78, 5) is 26.9. The summed E-state index contributed by atoms with van der Waals surface area (Å²) in [5.41, 5.74) is 1.94. The van der Waals surface area contributed by atoms with Gasteiger partial charge in [0.2, 0.25) is 0 Å². The van der Waals surface area contributed by atoms with E-state index < -0.39 is 0 Å². The molecule has 0 fully saturated rings. The summed E-state index contributed by atoms with van der Waals surface area (Å²) in [5, 5.41) is 7.57. The molecule has 2 N–H and O–H groups in total. The number of nitrogens with zero attached hydrogens (tertiary/aromatic N) is 1. The molecule has 27 heavy (non-hydrogen) atoms. The molecule has 136 valence electrons. The van der Waals surface area contributed by atoms with Crippen LogP contribution < -0.4 is 15.5 Å². The molecule has 0 radical (unpaired) electrons. The molecule has 2 amide bonds. The van der Waals surface area contributed by atoms with Crippen molar-refractivity contribution in [3.63, 3.8) is 0 Å². The summed E-state index contributed by atoms with van der Waals surface area (Å²) in [6.45, 7) is 0. The van der Waals surface area contributed by atoms with Crippen molar-refractivity contribution in [2.45, 2.75) is 0 Å². The smallest absolute Gasteiger partial charge is 0.267 e. The maximum Gasteiger partial charge on any atom is 0.267 e. The van der Waals surface area contributed by atoms with E-state index in [0.717, 1.165) is 5.69 Å². The standard InChI is InChI=1S/C20H17N3O2S2/c1-23(16-9-3-2-4-10-16)19(25)14-7-5-8-15(13-14)21-20(26)22-18(24)17-11-6-12-27-17/h2-13H,1H3,(H2,21,22,24,26). The van der Waals surface area contributed by atoms with Gasteiger partial charge < -0.3 is 10.2 Å². The second-order valence-electron chi connectivity index (χ2n) is 5.67. The summed E-state index contributed by atoms with van der Waals surface area (Å²) in [6.07, 6.45) is 0. The lowest BCUT2D eigenvalue weighted by Crippen LogP contribution is -2.33. The van der Waals surface area contributed by atoms with Crippen LogP contribution in [0.5, 0.6) is 0 Å². The molecule has 0 unspecified atom stereocenters. The van der Waals surface area contributed by atoms with Gasteiger partial charge in [-0.25, -0.2) is 0 Å². The lowest BCUT2D eigenvalue weighted by Gasteiger charge is -2.18. The van der Waals surface area contributed by atoms with Crippen molar-refractivity contribution in [1.29, 1.82) is 0 Å². The summed E-state index contributed by atoms with van der Waals surface area (Å²) in [5.74, 6) is -0.406. The van der Waals surface area contributed by atoms with E-state index in [2.05, 4.69) is 10.6 Å². The zero-order valence-corrected chi connectivity index (χ0v) is 16.1. The lowest BCUT2D eigenvalue weighted by molar-refractivity contribution is 0.0977. The van der Waals surface area contributed by atoms with E-state index in [4.69, 9.17) is 12.2 Å². The molecule has 0 saturated heterocycles. The first-order chi connectivity index (χ1) is 13.0. The van der Waals surface area contributed by atoms with Gasteiger partial charge in [0.15, 0.2) is 5.11 Å². The Morgan fingerprint density at radius 3 is 2.48 bits per heavy atom. The fourth-order valence-electron chi connectivity index (χ4n) is 2.43. The van der Waals surface area contributed by atoms with Gasteiger partial charge in [-0.2, -0.15) is 0 Å². The van der Waals surface area contributed by atoms with Gasteiger partial charge in [0, 0.05) is 24.0 Å². The Balaban J connectivity index is 1.67. The minimum absolute atomic E-state index is 0.140. The third-order valence-corrected chi connectivity index (χ3v) is 4.86. The Morgan fingerprint density at radius 1 is 1.00 bits per heavy atom. The predicted octanol–water partition coefficient (Wildman–Crippen LogP) is 4.15. The SMILES string of the molecule is CN(C(=O)c1cccc(NC(=S)NC(=O)c2cccs2)c1)c1ccccc1. The number of hydrogen-bond donors (Lipinski definition) is 2. The van der Waals surface area contributed by atoms with E-state index in [1.54, 1.807) is 48.3 Å². The van der Waals surface area contributed by atoms with Crippen LogP contribution in [0, 0.1) is 0 Å². The van der Waals surface area contributed by atoms with Crippen molar-refractivity contribution in [3.05, 3.63) is 82.6 Å². The summed E-state index contributed by atoms with van der Waals surface area (Å²) < 4.78 is 0. The third kappa shape index (κ3) is 4.78. The molecule has 0 aliphatic heterocycles. The van der Waals surface area contributed by atoms with Crippen LogP contribution >= 0.6 is 23.6 Å². The van der Waals surface area contributed by atoms with E-state index in [1.165, 1.54) is 11.3 Å². The van der Waals surface area contributed by atoms with Crippen LogP contribution in [0.2, 0.25) is 0 Å². The van der Waals surface area contributed by atoms with Gasteiger partial charge in [-0.1, -0.05) is 30.3 Å². The molecule has 0 spiro atoms. The quantitative estimate of drug-likeness (QED) is 0.652. The topological polar surface area (TPSA) is 61.4 Å². The Labute approximate surface area is 166 Å². The number of benzene rings is 2. The zero-order valence-electron chi connectivity index (χ0n) is 14.5. The van der Waals surface area contributed by atoms with E-state index in [0.29, 0.717) is 16.1 Å². The maximum absolute atomic E-state index is 12.7. The number of amides is 2. The number of anilines is 2. The summed E-state index contributed by atoms with van der Waals surface area (Å²) in [7, 11) is 1.73. The van der Waals surface area contributed by atoms with Crippen LogP contribution in [0.1, 0.15) is 20.0 Å². The maximum atomic E-state index is 12.7. The molecule has 7 heteroatoms. The molecule has 1 heterocycles. The average Bonchev–Trinajstić information content (AvgIpc) is 3.22. The first kappa shape index (κ1) is 18.8. The molecule has 0 bridgehead atoms. The molecule has 0 aliphatic carbocycles. The van der Waals surface area contributed by atoms with Gasteiger partial charge in [0.1, 0.15) is 0 Å². The van der Waals surface area contributed by atoms with Crippen molar-refractivity contribution in [2.75, 3.05) is 17.3 Å². The Hall–Kier alpha value is -3.03. The van der Waals surface area contributed by atoms with E-state index in [9.17, 15) is 9.59 Å². The van der Waals surface area contributed by atoms with Crippen LogP contribution in [0.15, 0.2) is 72.1 Å². The van der Waals surface area contributed by atoms with Crippen molar-refractivity contribution in [3.8, 4) is 0 Å². The van der Waals surface area contributed by atoms with Gasteiger partial charge in [0.05, 0.1) is 4.88 Å². The number of thiophene rings is 1. The summed E-state index contributed by atoms with van der Waals surface area (Å²) >= 11 is 6.53. The van der Waals surface area contributed by atoms with Crippen LogP contribution in [-0.2, 0) is 0 Å². The highest BCUT2D eigenvalue weighted by molar-refractivity contribution is 7.80. The van der Waals surface area contributed by atoms with Gasteiger partial charge in [-0.05, 0) is 54.0 Å².